The van der Waals surface area contributed by atoms with Gasteiger partial charge in [0, 0.05) is 0 Å². The van der Waals surface area contributed by atoms with Gasteiger partial charge in [0.15, 0.2) is 0 Å². The second kappa shape index (κ2) is 7.57. The van der Waals surface area contributed by atoms with Crippen molar-refractivity contribution in [2.75, 3.05) is 6.61 Å². The van der Waals surface area contributed by atoms with Crippen LogP contribution in [0.1, 0.15) is 17.2 Å². The topological polar surface area (TPSA) is 75.4 Å². The highest BCUT2D eigenvalue weighted by Crippen LogP contribution is 2.10. The summed E-state index contributed by atoms with van der Waals surface area (Å²) in [5.74, 6) is -0.281. The SMILES string of the molecule is N[C@H](C(=O)N[C@@H](CO)Cc1ccccc1)c1ccccc1. The highest BCUT2D eigenvalue weighted by Gasteiger charge is 2.19. The van der Waals surface area contributed by atoms with Gasteiger partial charge in [-0.1, -0.05) is 60.7 Å². The molecule has 0 unspecified atom stereocenters. The van der Waals surface area contributed by atoms with Gasteiger partial charge in [-0.3, -0.25) is 4.79 Å². The number of amides is 1. The molecule has 1 amide bonds. The minimum absolute atomic E-state index is 0.123. The predicted molar refractivity (Wildman–Crippen MR) is 82.5 cm³/mol. The summed E-state index contributed by atoms with van der Waals surface area (Å²) in [6, 6.07) is 17.9. The molecule has 2 aromatic rings. The Hall–Kier alpha value is -2.17. The normalized spacial score (nSPS) is 13.4. The molecule has 4 heteroatoms. The summed E-state index contributed by atoms with van der Waals surface area (Å²) in [5.41, 5.74) is 7.76. The van der Waals surface area contributed by atoms with Crippen LogP contribution in [0.4, 0.5) is 0 Å². The first-order chi connectivity index (χ1) is 10.2. The van der Waals surface area contributed by atoms with Gasteiger partial charge in [0.1, 0.15) is 6.04 Å². The third-order valence-corrected chi connectivity index (χ3v) is 3.33. The van der Waals surface area contributed by atoms with Gasteiger partial charge in [0.25, 0.3) is 0 Å². The lowest BCUT2D eigenvalue weighted by Gasteiger charge is -2.19. The van der Waals surface area contributed by atoms with Crippen molar-refractivity contribution >= 4 is 5.91 Å². The van der Waals surface area contributed by atoms with Gasteiger partial charge in [-0.2, -0.15) is 0 Å². The molecule has 2 aromatic carbocycles. The Kier molecular flexibility index (Phi) is 5.49. The van der Waals surface area contributed by atoms with Gasteiger partial charge in [-0.25, -0.2) is 0 Å². The van der Waals surface area contributed by atoms with Gasteiger partial charge in [0.05, 0.1) is 12.6 Å². The van der Waals surface area contributed by atoms with Crippen LogP contribution in [0, 0.1) is 0 Å². The lowest BCUT2D eigenvalue weighted by molar-refractivity contribution is -0.123. The third kappa shape index (κ3) is 4.41. The molecule has 0 spiro atoms. The molecular weight excluding hydrogens is 264 g/mol. The maximum atomic E-state index is 12.2. The van der Waals surface area contributed by atoms with E-state index < -0.39 is 6.04 Å². The molecule has 4 nitrogen and oxygen atoms in total. The van der Waals surface area contributed by atoms with Crippen LogP contribution in [-0.4, -0.2) is 23.7 Å². The molecule has 2 atom stereocenters. The van der Waals surface area contributed by atoms with Crippen molar-refractivity contribution < 1.29 is 9.90 Å². The van der Waals surface area contributed by atoms with Crippen molar-refractivity contribution in [1.29, 1.82) is 0 Å². The lowest BCUT2D eigenvalue weighted by Crippen LogP contribution is -2.43. The number of carbonyl (C=O) groups is 1. The number of benzene rings is 2. The van der Waals surface area contributed by atoms with E-state index in [0.29, 0.717) is 6.42 Å². The summed E-state index contributed by atoms with van der Waals surface area (Å²) in [6.07, 6.45) is 0.574. The first-order valence-corrected chi connectivity index (χ1v) is 6.96. The summed E-state index contributed by atoms with van der Waals surface area (Å²) < 4.78 is 0. The van der Waals surface area contributed by atoms with Gasteiger partial charge in [0.2, 0.25) is 5.91 Å². The van der Waals surface area contributed by atoms with Crippen molar-refractivity contribution in [2.45, 2.75) is 18.5 Å². The fourth-order valence-electron chi connectivity index (χ4n) is 2.16. The molecule has 0 bridgehead atoms. The Balaban J connectivity index is 1.96. The lowest BCUT2D eigenvalue weighted by atomic mass is 10.0. The largest absolute Gasteiger partial charge is 0.394 e. The van der Waals surface area contributed by atoms with E-state index in [-0.39, 0.29) is 18.6 Å². The van der Waals surface area contributed by atoms with Crippen LogP contribution in [0.5, 0.6) is 0 Å². The number of hydrogen-bond donors (Lipinski definition) is 3. The average Bonchev–Trinajstić information content (AvgIpc) is 2.55. The molecule has 21 heavy (non-hydrogen) atoms. The molecular formula is C17H20N2O2. The van der Waals surface area contributed by atoms with Gasteiger partial charge >= 0.3 is 0 Å². The summed E-state index contributed by atoms with van der Waals surface area (Å²) in [4.78, 5) is 12.2. The van der Waals surface area contributed by atoms with Gasteiger partial charge in [-0.15, -0.1) is 0 Å². The molecule has 4 N–H and O–H groups in total. The Labute approximate surface area is 124 Å². The number of aliphatic hydroxyl groups excluding tert-OH is 1. The molecule has 0 heterocycles. The van der Waals surface area contributed by atoms with E-state index >= 15 is 0 Å². The standard InChI is InChI=1S/C17H20N2O2/c18-16(14-9-5-2-6-10-14)17(21)19-15(12-20)11-13-7-3-1-4-8-13/h1-10,15-16,20H,11-12,18H2,(H,19,21)/t15-,16+/m1/s1. The van der Waals surface area contributed by atoms with E-state index in [4.69, 9.17) is 5.73 Å². The summed E-state index contributed by atoms with van der Waals surface area (Å²) in [5, 5.41) is 12.2. The van der Waals surface area contributed by atoms with Crippen LogP contribution in [0.2, 0.25) is 0 Å². The average molecular weight is 284 g/mol. The molecule has 0 fully saturated rings. The molecule has 2 rings (SSSR count). The predicted octanol–water partition coefficient (Wildman–Crippen LogP) is 1.41. The van der Waals surface area contributed by atoms with E-state index in [1.54, 1.807) is 0 Å². The fourth-order valence-corrected chi connectivity index (χ4v) is 2.16. The fraction of sp³-hybridized carbons (Fsp3) is 0.235. The van der Waals surface area contributed by atoms with Gasteiger partial charge < -0.3 is 16.2 Å². The molecule has 0 aliphatic carbocycles. The molecule has 0 radical (unpaired) electrons. The smallest absolute Gasteiger partial charge is 0.241 e. The van der Waals surface area contributed by atoms with Crippen LogP contribution in [0.15, 0.2) is 60.7 Å². The van der Waals surface area contributed by atoms with Crippen LogP contribution >= 0.6 is 0 Å². The summed E-state index contributed by atoms with van der Waals surface area (Å²) >= 11 is 0. The monoisotopic (exact) mass is 284 g/mol. The Morgan fingerprint density at radius 3 is 2.19 bits per heavy atom. The third-order valence-electron chi connectivity index (χ3n) is 3.33. The number of nitrogens with one attached hydrogen (secondary N) is 1. The van der Waals surface area contributed by atoms with Crippen molar-refractivity contribution in [3.8, 4) is 0 Å². The Bertz CT molecular complexity index is 558. The molecule has 0 aromatic heterocycles. The molecule has 0 aliphatic rings. The molecule has 0 saturated heterocycles. The number of hydrogen-bond acceptors (Lipinski definition) is 3. The summed E-state index contributed by atoms with van der Waals surface area (Å²) in [7, 11) is 0. The van der Waals surface area contributed by atoms with E-state index in [1.807, 2.05) is 60.7 Å². The number of aliphatic hydroxyl groups is 1. The van der Waals surface area contributed by atoms with E-state index in [9.17, 15) is 9.90 Å². The van der Waals surface area contributed by atoms with Crippen molar-refractivity contribution in [3.05, 3.63) is 71.8 Å². The molecule has 110 valence electrons. The van der Waals surface area contributed by atoms with Crippen LogP contribution in [0.25, 0.3) is 0 Å². The summed E-state index contributed by atoms with van der Waals surface area (Å²) in [6.45, 7) is -0.123. The zero-order valence-electron chi connectivity index (χ0n) is 11.8. The highest BCUT2D eigenvalue weighted by atomic mass is 16.3. The van der Waals surface area contributed by atoms with Crippen LogP contribution in [0.3, 0.4) is 0 Å². The maximum Gasteiger partial charge on any atom is 0.241 e. The zero-order chi connectivity index (χ0) is 15.1. The van der Waals surface area contributed by atoms with Crippen molar-refractivity contribution in [1.82, 2.24) is 5.32 Å². The van der Waals surface area contributed by atoms with E-state index in [1.165, 1.54) is 0 Å². The van der Waals surface area contributed by atoms with E-state index in [2.05, 4.69) is 5.32 Å². The zero-order valence-corrected chi connectivity index (χ0v) is 11.8. The number of carbonyl (C=O) groups excluding carboxylic acids is 1. The first-order valence-electron chi connectivity index (χ1n) is 6.96. The minimum atomic E-state index is -0.726. The van der Waals surface area contributed by atoms with Crippen molar-refractivity contribution in [2.24, 2.45) is 5.73 Å². The van der Waals surface area contributed by atoms with Crippen molar-refractivity contribution in [3.63, 3.8) is 0 Å². The molecule has 0 saturated carbocycles. The van der Waals surface area contributed by atoms with Gasteiger partial charge in [-0.05, 0) is 17.5 Å². The number of rotatable bonds is 6. The second-order valence-corrected chi connectivity index (χ2v) is 4.97. The Morgan fingerprint density at radius 1 is 1.05 bits per heavy atom. The Morgan fingerprint density at radius 2 is 1.62 bits per heavy atom. The highest BCUT2D eigenvalue weighted by molar-refractivity contribution is 5.83. The van der Waals surface area contributed by atoms with E-state index in [0.717, 1.165) is 11.1 Å². The van der Waals surface area contributed by atoms with Crippen LogP contribution < -0.4 is 11.1 Å². The number of nitrogens with two attached hydrogens (primary N) is 1. The minimum Gasteiger partial charge on any atom is -0.394 e. The van der Waals surface area contributed by atoms with Crippen LogP contribution in [-0.2, 0) is 11.2 Å². The quantitative estimate of drug-likeness (QED) is 0.750. The second-order valence-electron chi connectivity index (χ2n) is 4.97. The molecule has 0 aliphatic heterocycles. The first kappa shape index (κ1) is 15.2. The maximum absolute atomic E-state index is 12.2.